The van der Waals surface area contributed by atoms with E-state index in [-0.39, 0.29) is 11.4 Å². The first kappa shape index (κ1) is 17.4. The number of carbonyl (C=O) groups excluding carboxylic acids is 1. The summed E-state index contributed by atoms with van der Waals surface area (Å²) in [5, 5.41) is 11.5. The second kappa shape index (κ2) is 8.02. The average molecular weight is 331 g/mol. The van der Waals surface area contributed by atoms with Gasteiger partial charge in [0.1, 0.15) is 18.1 Å². The van der Waals surface area contributed by atoms with Crippen molar-refractivity contribution in [1.29, 1.82) is 0 Å². The number of nitrogens with one attached hydrogen (secondary N) is 1. The van der Waals surface area contributed by atoms with E-state index in [1.165, 1.54) is 0 Å². The van der Waals surface area contributed by atoms with Gasteiger partial charge < -0.3 is 19.9 Å². The van der Waals surface area contributed by atoms with Gasteiger partial charge in [-0.2, -0.15) is 0 Å². The minimum absolute atomic E-state index is 0.0276. The number of ether oxygens (including phenoxy) is 2. The number of methoxy groups -OCH3 is 1. The number of amides is 1. The van der Waals surface area contributed by atoms with Crippen molar-refractivity contribution in [1.82, 2.24) is 9.97 Å². The molecule has 1 amide bonds. The number of hydrogen-bond acceptors (Lipinski definition) is 6. The second-order valence-electron chi connectivity index (χ2n) is 4.86. The lowest BCUT2D eigenvalue weighted by Gasteiger charge is -2.11. The number of aromatic carboxylic acids is 1. The number of aromatic nitrogens is 2. The van der Waals surface area contributed by atoms with E-state index >= 15 is 0 Å². The summed E-state index contributed by atoms with van der Waals surface area (Å²) in [5.74, 6) is -1.00. The molecule has 0 fully saturated rings. The number of anilines is 1. The van der Waals surface area contributed by atoms with Gasteiger partial charge in [-0.05, 0) is 30.7 Å². The molecule has 0 saturated heterocycles. The molecule has 2 N–H and O–H groups in total. The number of carboxylic acid groups (broad SMARTS) is 1. The molecule has 1 aromatic carbocycles. The summed E-state index contributed by atoms with van der Waals surface area (Å²) in [6, 6.07) is 5.25. The quantitative estimate of drug-likeness (QED) is 0.744. The fourth-order valence-electron chi connectivity index (χ4n) is 1.85. The molecule has 0 aliphatic carbocycles. The number of carboxylic acids is 1. The van der Waals surface area contributed by atoms with Gasteiger partial charge in [-0.3, -0.25) is 4.79 Å². The molecule has 24 heavy (non-hydrogen) atoms. The van der Waals surface area contributed by atoms with Crippen LogP contribution < -0.4 is 10.1 Å². The van der Waals surface area contributed by atoms with Crippen LogP contribution in [0.4, 0.5) is 5.69 Å². The topological polar surface area (TPSA) is 111 Å². The minimum Gasteiger partial charge on any atom is -0.491 e. The van der Waals surface area contributed by atoms with Crippen molar-refractivity contribution in [2.45, 2.75) is 6.92 Å². The van der Waals surface area contributed by atoms with Crippen molar-refractivity contribution < 1.29 is 24.2 Å². The third-order valence-corrected chi connectivity index (χ3v) is 3.11. The monoisotopic (exact) mass is 331 g/mol. The summed E-state index contributed by atoms with van der Waals surface area (Å²) in [5.41, 5.74) is 1.22. The Kier molecular flexibility index (Phi) is 5.80. The Bertz CT molecular complexity index is 731. The maximum absolute atomic E-state index is 12.1. The highest BCUT2D eigenvalue weighted by atomic mass is 16.5. The molecule has 126 valence electrons. The largest absolute Gasteiger partial charge is 0.491 e. The third kappa shape index (κ3) is 4.50. The zero-order valence-corrected chi connectivity index (χ0v) is 13.3. The Balaban J connectivity index is 2.04. The van der Waals surface area contributed by atoms with Gasteiger partial charge in [-0.1, -0.05) is 0 Å². The standard InChI is InChI=1S/C16H17N3O5/c1-10-7-11(24-6-5-23-2)3-4-12(10)19-15(20)13-8-18-14(9-17-13)16(21)22/h3-4,7-9H,5-6H2,1-2H3,(H,19,20)(H,21,22). The lowest BCUT2D eigenvalue weighted by Crippen LogP contribution is -2.16. The molecule has 0 atom stereocenters. The zero-order chi connectivity index (χ0) is 17.5. The van der Waals surface area contributed by atoms with E-state index in [0.717, 1.165) is 18.0 Å². The van der Waals surface area contributed by atoms with Gasteiger partial charge >= 0.3 is 5.97 Å². The van der Waals surface area contributed by atoms with Gasteiger partial charge in [0, 0.05) is 12.8 Å². The van der Waals surface area contributed by atoms with Crippen molar-refractivity contribution >= 4 is 17.6 Å². The van der Waals surface area contributed by atoms with Gasteiger partial charge in [0.2, 0.25) is 0 Å². The zero-order valence-electron chi connectivity index (χ0n) is 13.3. The van der Waals surface area contributed by atoms with Crippen LogP contribution in [0, 0.1) is 6.92 Å². The third-order valence-electron chi connectivity index (χ3n) is 3.11. The van der Waals surface area contributed by atoms with E-state index < -0.39 is 11.9 Å². The summed E-state index contributed by atoms with van der Waals surface area (Å²) in [6.07, 6.45) is 2.16. The summed E-state index contributed by atoms with van der Waals surface area (Å²) in [6.45, 7) is 2.76. The van der Waals surface area contributed by atoms with E-state index in [1.54, 1.807) is 25.3 Å². The average Bonchev–Trinajstić information content (AvgIpc) is 2.57. The second-order valence-corrected chi connectivity index (χ2v) is 4.86. The molecule has 0 saturated carbocycles. The number of rotatable bonds is 7. The molecule has 8 heteroatoms. The predicted molar refractivity (Wildman–Crippen MR) is 85.5 cm³/mol. The smallest absolute Gasteiger partial charge is 0.356 e. The summed E-state index contributed by atoms with van der Waals surface area (Å²) in [7, 11) is 1.60. The molecular weight excluding hydrogens is 314 g/mol. The maximum Gasteiger partial charge on any atom is 0.356 e. The molecule has 0 spiro atoms. The van der Waals surface area contributed by atoms with Crippen molar-refractivity contribution in [2.75, 3.05) is 25.6 Å². The van der Waals surface area contributed by atoms with Crippen molar-refractivity contribution in [3.05, 3.63) is 47.5 Å². The maximum atomic E-state index is 12.1. The highest BCUT2D eigenvalue weighted by molar-refractivity contribution is 6.03. The van der Waals surface area contributed by atoms with E-state index in [9.17, 15) is 9.59 Å². The van der Waals surface area contributed by atoms with Crippen LogP contribution in [-0.2, 0) is 4.74 Å². The number of benzene rings is 1. The van der Waals surface area contributed by atoms with Crippen molar-refractivity contribution in [3.63, 3.8) is 0 Å². The van der Waals surface area contributed by atoms with Gasteiger partial charge in [0.05, 0.1) is 19.0 Å². The molecule has 0 bridgehead atoms. The molecule has 0 unspecified atom stereocenters. The molecular formula is C16H17N3O5. The first-order valence-electron chi connectivity index (χ1n) is 7.10. The van der Waals surface area contributed by atoms with Gasteiger partial charge in [0.25, 0.3) is 5.91 Å². The summed E-state index contributed by atoms with van der Waals surface area (Å²) in [4.78, 5) is 30.3. The van der Waals surface area contributed by atoms with Gasteiger partial charge in [-0.25, -0.2) is 14.8 Å². The number of hydrogen-bond donors (Lipinski definition) is 2. The first-order chi connectivity index (χ1) is 11.5. The Hall–Kier alpha value is -3.00. The van der Waals surface area contributed by atoms with Crippen LogP contribution in [0.1, 0.15) is 26.5 Å². The Morgan fingerprint density at radius 2 is 1.88 bits per heavy atom. The van der Waals surface area contributed by atoms with Crippen LogP contribution in [0.2, 0.25) is 0 Å². The molecule has 0 radical (unpaired) electrons. The van der Waals surface area contributed by atoms with Crippen LogP contribution in [-0.4, -0.2) is 47.3 Å². The van der Waals surface area contributed by atoms with E-state index in [1.807, 2.05) is 6.92 Å². The fraction of sp³-hybridized carbons (Fsp3) is 0.250. The van der Waals surface area contributed by atoms with Crippen molar-refractivity contribution in [3.8, 4) is 5.75 Å². The molecule has 2 aromatic rings. The molecule has 1 aromatic heterocycles. The highest BCUT2D eigenvalue weighted by Gasteiger charge is 2.12. The minimum atomic E-state index is -1.20. The first-order valence-corrected chi connectivity index (χ1v) is 7.10. The number of aryl methyl sites for hydroxylation is 1. The van der Waals surface area contributed by atoms with Crippen LogP contribution in [0.3, 0.4) is 0 Å². The molecule has 1 heterocycles. The highest BCUT2D eigenvalue weighted by Crippen LogP contribution is 2.21. The fourth-order valence-corrected chi connectivity index (χ4v) is 1.85. The number of nitrogens with zero attached hydrogens (tertiary/aromatic N) is 2. The van der Waals surface area contributed by atoms with Gasteiger partial charge in [-0.15, -0.1) is 0 Å². The summed E-state index contributed by atoms with van der Waals surface area (Å²) < 4.78 is 10.4. The molecule has 8 nitrogen and oxygen atoms in total. The Labute approximate surface area is 138 Å². The van der Waals surface area contributed by atoms with Crippen LogP contribution >= 0.6 is 0 Å². The SMILES string of the molecule is COCCOc1ccc(NC(=O)c2cnc(C(=O)O)cn2)c(C)c1. The molecule has 0 aliphatic heterocycles. The van der Waals surface area contributed by atoms with Crippen LogP contribution in [0.15, 0.2) is 30.6 Å². The summed E-state index contributed by atoms with van der Waals surface area (Å²) >= 11 is 0. The predicted octanol–water partition coefficient (Wildman–Crippen LogP) is 1.76. The molecule has 2 rings (SSSR count). The molecule has 0 aliphatic rings. The normalized spacial score (nSPS) is 10.2. The number of carbonyl (C=O) groups is 2. The lowest BCUT2D eigenvalue weighted by atomic mass is 10.2. The van der Waals surface area contributed by atoms with Crippen LogP contribution in [0.25, 0.3) is 0 Å². The van der Waals surface area contributed by atoms with Crippen molar-refractivity contribution in [2.24, 2.45) is 0 Å². The van der Waals surface area contributed by atoms with E-state index in [0.29, 0.717) is 24.7 Å². The Morgan fingerprint density at radius 3 is 2.46 bits per heavy atom. The van der Waals surface area contributed by atoms with E-state index in [4.69, 9.17) is 14.6 Å². The van der Waals surface area contributed by atoms with Crippen LogP contribution in [0.5, 0.6) is 5.75 Å². The lowest BCUT2D eigenvalue weighted by molar-refractivity contribution is 0.0689. The van der Waals surface area contributed by atoms with Gasteiger partial charge in [0.15, 0.2) is 5.69 Å². The van der Waals surface area contributed by atoms with E-state index in [2.05, 4.69) is 15.3 Å². The Morgan fingerprint density at radius 1 is 1.17 bits per heavy atom.